The highest BCUT2D eigenvalue weighted by atomic mass is 32.1. The molecule has 202 valence electrons. The zero-order chi connectivity index (χ0) is 27.5. The van der Waals surface area contributed by atoms with Crippen molar-refractivity contribution < 1.29 is 27.2 Å². The average Bonchev–Trinajstić information content (AvgIpc) is 3.33. The molecule has 2 amide bonds. The molecule has 6 nitrogen and oxygen atoms in total. The minimum Gasteiger partial charge on any atom is -0.311 e. The van der Waals surface area contributed by atoms with Crippen molar-refractivity contribution in [3.63, 3.8) is 0 Å². The lowest BCUT2D eigenvalue weighted by molar-refractivity contribution is -0.204. The molecule has 2 aromatic rings. The molecule has 0 aliphatic heterocycles. The maximum atomic E-state index is 14.8. The van der Waals surface area contributed by atoms with Crippen LogP contribution in [0, 0.1) is 22.7 Å². The van der Waals surface area contributed by atoms with E-state index in [0.717, 1.165) is 83.8 Å². The lowest BCUT2D eigenvalue weighted by Crippen LogP contribution is -2.56. The highest BCUT2D eigenvalue weighted by molar-refractivity contribution is 7.17. The minimum absolute atomic E-state index is 0.00140. The molecular weight excluding hydrogens is 540 g/mol. The lowest BCUT2D eigenvalue weighted by atomic mass is 9.97. The van der Waals surface area contributed by atoms with Gasteiger partial charge < -0.3 is 10.6 Å². The maximum absolute atomic E-state index is 14.8. The first-order valence-electron chi connectivity index (χ1n) is 12.6. The lowest BCUT2D eigenvalue weighted by Gasteiger charge is -2.24. The summed E-state index contributed by atoms with van der Waals surface area (Å²) in [6.07, 6.45) is 9.35. The van der Waals surface area contributed by atoms with E-state index < -0.39 is 23.7 Å². The van der Waals surface area contributed by atoms with E-state index in [0.29, 0.717) is 36.8 Å². The molecule has 2 aliphatic carbocycles. The standard InChI is InChI=1S/C26H26F4N4O2S2/c27-25(28,23(35)33-21-17(13-31)15-9-5-1-3-7-11-19(15)37-21)26(29,30)24(36)34-22-18(14-32)16-10-6-2-4-8-12-20(16)38-22/h1-12H2,(H,33,35)(H,34,36). The Morgan fingerprint density at radius 3 is 1.32 bits per heavy atom. The van der Waals surface area contributed by atoms with Crippen LogP contribution in [0.1, 0.15) is 83.4 Å². The first-order valence-corrected chi connectivity index (χ1v) is 14.2. The molecule has 4 rings (SSSR count). The Morgan fingerprint density at radius 1 is 0.632 bits per heavy atom. The third kappa shape index (κ3) is 5.29. The van der Waals surface area contributed by atoms with Gasteiger partial charge in [0, 0.05) is 9.75 Å². The van der Waals surface area contributed by atoms with Crippen LogP contribution in [0.2, 0.25) is 0 Å². The summed E-state index contributed by atoms with van der Waals surface area (Å²) in [4.78, 5) is 26.4. The topological polar surface area (TPSA) is 106 Å². The van der Waals surface area contributed by atoms with E-state index in [4.69, 9.17) is 0 Å². The van der Waals surface area contributed by atoms with Crippen LogP contribution in [-0.2, 0) is 35.3 Å². The van der Waals surface area contributed by atoms with Crippen molar-refractivity contribution in [3.05, 3.63) is 32.0 Å². The van der Waals surface area contributed by atoms with E-state index in [-0.39, 0.29) is 21.1 Å². The highest BCUT2D eigenvalue weighted by Crippen LogP contribution is 2.42. The van der Waals surface area contributed by atoms with Crippen molar-refractivity contribution in [3.8, 4) is 12.1 Å². The predicted octanol–water partition coefficient (Wildman–Crippen LogP) is 6.72. The molecule has 2 N–H and O–H groups in total. The third-order valence-corrected chi connectivity index (χ3v) is 9.40. The largest absolute Gasteiger partial charge is 0.396 e. The molecule has 2 aliphatic rings. The van der Waals surface area contributed by atoms with E-state index >= 15 is 0 Å². The molecule has 12 heteroatoms. The smallest absolute Gasteiger partial charge is 0.311 e. The molecule has 2 heterocycles. The summed E-state index contributed by atoms with van der Waals surface area (Å²) in [5, 5.41) is 22.3. The van der Waals surface area contributed by atoms with Gasteiger partial charge in [0.2, 0.25) is 0 Å². The fourth-order valence-corrected chi connectivity index (χ4v) is 7.37. The van der Waals surface area contributed by atoms with Gasteiger partial charge in [-0.1, -0.05) is 25.7 Å². The molecular formula is C26H26F4N4O2S2. The summed E-state index contributed by atoms with van der Waals surface area (Å²) >= 11 is 1.86. The van der Waals surface area contributed by atoms with Gasteiger partial charge in [-0.3, -0.25) is 9.59 Å². The summed E-state index contributed by atoms with van der Waals surface area (Å²) in [5.74, 6) is -15.6. The second-order valence-electron chi connectivity index (χ2n) is 9.52. The van der Waals surface area contributed by atoms with Gasteiger partial charge in [0.05, 0.1) is 11.1 Å². The Labute approximate surface area is 225 Å². The van der Waals surface area contributed by atoms with E-state index in [1.54, 1.807) is 10.6 Å². The van der Waals surface area contributed by atoms with E-state index in [9.17, 15) is 37.7 Å². The highest BCUT2D eigenvalue weighted by Gasteiger charge is 2.67. The summed E-state index contributed by atoms with van der Waals surface area (Å²) in [5.41, 5.74) is 1.30. The van der Waals surface area contributed by atoms with E-state index in [1.165, 1.54) is 0 Å². The molecule has 0 unspecified atom stereocenters. The Bertz CT molecular complexity index is 1220. The molecule has 0 aromatic carbocycles. The zero-order valence-corrected chi connectivity index (χ0v) is 22.2. The number of fused-ring (bicyclic) bond motifs is 2. The fourth-order valence-electron chi connectivity index (χ4n) is 4.90. The maximum Gasteiger partial charge on any atom is 0.396 e. The van der Waals surface area contributed by atoms with Crippen molar-refractivity contribution in [2.75, 3.05) is 10.6 Å². The van der Waals surface area contributed by atoms with E-state index in [1.807, 2.05) is 12.1 Å². The molecule has 0 fully saturated rings. The number of amides is 2. The number of hydrogen-bond donors (Lipinski definition) is 2. The van der Waals surface area contributed by atoms with Crippen LogP contribution in [0.15, 0.2) is 0 Å². The van der Waals surface area contributed by atoms with Gasteiger partial charge in [0.25, 0.3) is 0 Å². The quantitative estimate of drug-likeness (QED) is 0.392. The first kappa shape index (κ1) is 28.1. The number of carbonyl (C=O) groups is 2. The molecule has 38 heavy (non-hydrogen) atoms. The molecule has 0 saturated carbocycles. The zero-order valence-electron chi connectivity index (χ0n) is 20.5. The molecule has 0 radical (unpaired) electrons. The summed E-state index contributed by atoms with van der Waals surface area (Å²) in [7, 11) is 0. The number of rotatable bonds is 5. The van der Waals surface area contributed by atoms with Crippen LogP contribution in [0.25, 0.3) is 0 Å². The Kier molecular flexibility index (Phi) is 8.43. The van der Waals surface area contributed by atoms with Crippen molar-refractivity contribution in [1.29, 1.82) is 10.5 Å². The first-order chi connectivity index (χ1) is 18.1. The van der Waals surface area contributed by atoms with Crippen molar-refractivity contribution in [2.45, 2.75) is 88.9 Å². The number of alkyl halides is 4. The van der Waals surface area contributed by atoms with Crippen molar-refractivity contribution in [1.82, 2.24) is 0 Å². The Morgan fingerprint density at radius 2 is 0.974 bits per heavy atom. The fraction of sp³-hybridized carbons (Fsp3) is 0.538. The number of aryl methyl sites for hydroxylation is 2. The minimum atomic E-state index is -5.42. The summed E-state index contributed by atoms with van der Waals surface area (Å²) < 4.78 is 59.3. The number of carbonyl (C=O) groups excluding carboxylic acids is 2. The van der Waals surface area contributed by atoms with E-state index in [2.05, 4.69) is 0 Å². The third-order valence-electron chi connectivity index (χ3n) is 6.99. The molecule has 0 atom stereocenters. The van der Waals surface area contributed by atoms with Gasteiger partial charge in [-0.05, 0) is 62.5 Å². The Hall–Kier alpha value is -2.96. The van der Waals surface area contributed by atoms with Crippen LogP contribution in [0.5, 0.6) is 0 Å². The number of anilines is 2. The SMILES string of the molecule is N#Cc1c(NC(=O)C(F)(F)C(F)(F)C(=O)Nc2sc3c(c2C#N)CCCCCC3)sc2c1CCCCCC2. The second kappa shape index (κ2) is 11.4. The monoisotopic (exact) mass is 566 g/mol. The number of thiophene rings is 2. The predicted molar refractivity (Wildman–Crippen MR) is 137 cm³/mol. The average molecular weight is 567 g/mol. The van der Waals surface area contributed by atoms with Crippen LogP contribution >= 0.6 is 22.7 Å². The number of nitriles is 2. The summed E-state index contributed by atoms with van der Waals surface area (Å²) in [6.45, 7) is 0. The molecule has 0 bridgehead atoms. The van der Waals surface area contributed by atoms with Gasteiger partial charge in [-0.15, -0.1) is 22.7 Å². The summed E-state index contributed by atoms with van der Waals surface area (Å²) in [6, 6.07) is 3.81. The number of nitrogens with zero attached hydrogens (tertiary/aromatic N) is 2. The van der Waals surface area contributed by atoms with Gasteiger partial charge in [0.15, 0.2) is 0 Å². The number of nitrogens with one attached hydrogen (secondary N) is 2. The van der Waals surface area contributed by atoms with Crippen LogP contribution < -0.4 is 10.6 Å². The number of hydrogen-bond acceptors (Lipinski definition) is 6. The molecule has 0 spiro atoms. The molecule has 2 aromatic heterocycles. The second-order valence-corrected chi connectivity index (χ2v) is 11.7. The van der Waals surface area contributed by atoms with Crippen LogP contribution in [-0.4, -0.2) is 23.7 Å². The van der Waals surface area contributed by atoms with Crippen molar-refractivity contribution >= 4 is 44.5 Å². The van der Waals surface area contributed by atoms with Gasteiger partial charge in [-0.2, -0.15) is 28.1 Å². The van der Waals surface area contributed by atoms with Gasteiger partial charge in [0.1, 0.15) is 22.1 Å². The normalized spacial score (nSPS) is 16.4. The molecule has 0 saturated heterocycles. The number of halogens is 4. The Balaban J connectivity index is 1.55. The van der Waals surface area contributed by atoms with Gasteiger partial charge >= 0.3 is 23.7 Å². The van der Waals surface area contributed by atoms with Crippen LogP contribution in [0.4, 0.5) is 27.6 Å². The van der Waals surface area contributed by atoms with Crippen molar-refractivity contribution in [2.24, 2.45) is 0 Å². The van der Waals surface area contributed by atoms with Crippen LogP contribution in [0.3, 0.4) is 0 Å². The van der Waals surface area contributed by atoms with Gasteiger partial charge in [-0.25, -0.2) is 0 Å².